The Kier molecular flexibility index (Phi) is 10.9. The number of carbonyl (C=O) groups is 2. The molecule has 0 fully saturated rings. The Balaban J connectivity index is 2.11. The maximum atomic E-state index is 14.2. The minimum absolute atomic E-state index is 0.00568. The third kappa shape index (κ3) is 8.63. The molecule has 2 amide bonds. The molecule has 11 heteroatoms. The van der Waals surface area contributed by atoms with Gasteiger partial charge >= 0.3 is 0 Å². The van der Waals surface area contributed by atoms with Gasteiger partial charge in [0.25, 0.3) is 10.0 Å². The molecule has 42 heavy (non-hydrogen) atoms. The first-order chi connectivity index (χ1) is 19.6. The van der Waals surface area contributed by atoms with Crippen LogP contribution in [0.3, 0.4) is 0 Å². The van der Waals surface area contributed by atoms with Crippen molar-refractivity contribution >= 4 is 50.7 Å². The van der Waals surface area contributed by atoms with Crippen LogP contribution in [-0.2, 0) is 26.2 Å². The number of nitrogens with zero attached hydrogens (tertiary/aromatic N) is 2. The molecule has 0 aromatic heterocycles. The summed E-state index contributed by atoms with van der Waals surface area (Å²) in [6.45, 7) is 8.64. The van der Waals surface area contributed by atoms with Crippen LogP contribution in [0.2, 0.25) is 10.0 Å². The SMILES string of the molecule is CCC(C(=O)NC(C)(C)C)N(Cc1cccc(OC)c1)C(=O)CN(c1cc(Cl)cc(Cl)c1)S(=O)(=O)c1ccc(C)cc1. The van der Waals surface area contributed by atoms with Gasteiger partial charge in [-0.2, -0.15) is 0 Å². The molecular formula is C31H37Cl2N3O5S. The van der Waals surface area contributed by atoms with E-state index in [2.05, 4.69) is 5.32 Å². The molecule has 0 bridgehead atoms. The normalized spacial score (nSPS) is 12.4. The molecule has 0 saturated carbocycles. The zero-order valence-electron chi connectivity index (χ0n) is 24.6. The number of anilines is 1. The maximum absolute atomic E-state index is 14.2. The average Bonchev–Trinajstić information content (AvgIpc) is 2.90. The van der Waals surface area contributed by atoms with Gasteiger partial charge in [-0.15, -0.1) is 0 Å². The standard InChI is InChI=1S/C31H37Cl2N3O5S/c1-7-28(30(38)34-31(3,4)5)35(19-22-9-8-10-26(15-22)41-6)29(37)20-36(25-17-23(32)16-24(33)18-25)42(39,40)27-13-11-21(2)12-14-27/h8-18,28H,7,19-20H2,1-6H3,(H,34,38). The van der Waals surface area contributed by atoms with Crippen molar-refractivity contribution in [3.63, 3.8) is 0 Å². The maximum Gasteiger partial charge on any atom is 0.264 e. The molecule has 0 saturated heterocycles. The summed E-state index contributed by atoms with van der Waals surface area (Å²) in [5.41, 5.74) is 1.16. The number of aryl methyl sites for hydroxylation is 1. The van der Waals surface area contributed by atoms with Crippen LogP contribution in [0.5, 0.6) is 5.75 Å². The number of nitrogens with one attached hydrogen (secondary N) is 1. The quantitative estimate of drug-likeness (QED) is 0.270. The number of amides is 2. The monoisotopic (exact) mass is 633 g/mol. The van der Waals surface area contributed by atoms with E-state index in [9.17, 15) is 18.0 Å². The number of methoxy groups -OCH3 is 1. The molecule has 226 valence electrons. The predicted octanol–water partition coefficient (Wildman–Crippen LogP) is 6.23. The van der Waals surface area contributed by atoms with Crippen molar-refractivity contribution in [1.82, 2.24) is 10.2 Å². The number of halogens is 2. The second-order valence-corrected chi connectivity index (χ2v) is 13.7. The van der Waals surface area contributed by atoms with Crippen LogP contribution in [0.4, 0.5) is 5.69 Å². The Bertz CT molecular complexity index is 1500. The first kappa shape index (κ1) is 33.2. The number of sulfonamides is 1. The first-order valence-corrected chi connectivity index (χ1v) is 15.6. The van der Waals surface area contributed by atoms with Crippen molar-refractivity contribution in [1.29, 1.82) is 0 Å². The summed E-state index contributed by atoms with van der Waals surface area (Å²) in [6.07, 6.45) is 0.297. The van der Waals surface area contributed by atoms with Crippen molar-refractivity contribution in [2.75, 3.05) is 18.0 Å². The highest BCUT2D eigenvalue weighted by Gasteiger charge is 2.35. The molecule has 3 aromatic rings. The van der Waals surface area contributed by atoms with Crippen molar-refractivity contribution in [2.45, 2.75) is 64.1 Å². The smallest absolute Gasteiger partial charge is 0.264 e. The topological polar surface area (TPSA) is 96.0 Å². The Morgan fingerprint density at radius 1 is 0.976 bits per heavy atom. The van der Waals surface area contributed by atoms with Gasteiger partial charge in [-0.3, -0.25) is 13.9 Å². The van der Waals surface area contributed by atoms with Gasteiger partial charge in [-0.1, -0.05) is 60.0 Å². The van der Waals surface area contributed by atoms with Crippen LogP contribution in [0.15, 0.2) is 71.6 Å². The molecule has 0 radical (unpaired) electrons. The second-order valence-electron chi connectivity index (χ2n) is 11.0. The molecule has 8 nitrogen and oxygen atoms in total. The van der Waals surface area contributed by atoms with Gasteiger partial charge in [-0.25, -0.2) is 8.42 Å². The summed E-state index contributed by atoms with van der Waals surface area (Å²) in [5.74, 6) is -0.343. The summed E-state index contributed by atoms with van der Waals surface area (Å²) in [7, 11) is -2.71. The van der Waals surface area contributed by atoms with Gasteiger partial charge in [0.1, 0.15) is 18.3 Å². The highest BCUT2D eigenvalue weighted by atomic mass is 35.5. The summed E-state index contributed by atoms with van der Waals surface area (Å²) in [5, 5.41) is 3.36. The Labute approximate surface area is 258 Å². The van der Waals surface area contributed by atoms with E-state index in [-0.39, 0.29) is 33.1 Å². The summed E-state index contributed by atoms with van der Waals surface area (Å²) in [6, 6.07) is 16.9. The molecule has 1 unspecified atom stereocenters. The molecule has 1 atom stereocenters. The Morgan fingerprint density at radius 2 is 1.60 bits per heavy atom. The Hall–Kier alpha value is -3.27. The molecule has 1 N–H and O–H groups in total. The highest BCUT2D eigenvalue weighted by molar-refractivity contribution is 7.92. The van der Waals surface area contributed by atoms with Crippen LogP contribution >= 0.6 is 23.2 Å². The van der Waals surface area contributed by atoms with Gasteiger partial charge in [0.2, 0.25) is 11.8 Å². The molecule has 0 aliphatic carbocycles. The number of carbonyl (C=O) groups excluding carboxylic acids is 2. The third-order valence-corrected chi connectivity index (χ3v) is 8.62. The van der Waals surface area contributed by atoms with Crippen LogP contribution in [0.25, 0.3) is 0 Å². The van der Waals surface area contributed by atoms with E-state index in [1.165, 1.54) is 42.3 Å². The lowest BCUT2D eigenvalue weighted by Gasteiger charge is -2.35. The second kappa shape index (κ2) is 13.8. The van der Waals surface area contributed by atoms with E-state index >= 15 is 0 Å². The average molecular weight is 635 g/mol. The van der Waals surface area contributed by atoms with E-state index in [0.717, 1.165) is 9.87 Å². The molecular weight excluding hydrogens is 597 g/mol. The lowest BCUT2D eigenvalue weighted by molar-refractivity contribution is -0.141. The first-order valence-electron chi connectivity index (χ1n) is 13.4. The third-order valence-electron chi connectivity index (χ3n) is 6.39. The molecule has 0 aliphatic rings. The lowest BCUT2D eigenvalue weighted by atomic mass is 10.1. The van der Waals surface area contributed by atoms with Gasteiger partial charge in [-0.05, 0) is 82.1 Å². The highest BCUT2D eigenvalue weighted by Crippen LogP contribution is 2.30. The zero-order valence-corrected chi connectivity index (χ0v) is 27.0. The number of rotatable bonds is 11. The number of benzene rings is 3. The number of hydrogen-bond acceptors (Lipinski definition) is 5. The zero-order chi connectivity index (χ0) is 31.2. The lowest BCUT2D eigenvalue weighted by Crippen LogP contribution is -2.55. The van der Waals surface area contributed by atoms with E-state index in [1.807, 2.05) is 33.8 Å². The minimum atomic E-state index is -4.25. The molecule has 0 aliphatic heterocycles. The van der Waals surface area contributed by atoms with Crippen LogP contribution in [0.1, 0.15) is 45.2 Å². The number of hydrogen-bond donors (Lipinski definition) is 1. The van der Waals surface area contributed by atoms with Crippen molar-refractivity contribution in [3.8, 4) is 5.75 Å². The molecule has 3 rings (SSSR count). The fraction of sp³-hybridized carbons (Fsp3) is 0.355. The van der Waals surface area contributed by atoms with Gasteiger partial charge < -0.3 is 15.0 Å². The van der Waals surface area contributed by atoms with Crippen LogP contribution < -0.4 is 14.4 Å². The van der Waals surface area contributed by atoms with E-state index in [1.54, 1.807) is 37.3 Å². The van der Waals surface area contributed by atoms with Gasteiger partial charge in [0.15, 0.2) is 0 Å². The Morgan fingerprint density at radius 3 is 2.14 bits per heavy atom. The number of ether oxygens (including phenoxy) is 1. The van der Waals surface area contributed by atoms with E-state index < -0.39 is 34.1 Å². The largest absolute Gasteiger partial charge is 0.497 e. The minimum Gasteiger partial charge on any atom is -0.497 e. The van der Waals surface area contributed by atoms with Gasteiger partial charge in [0, 0.05) is 22.1 Å². The van der Waals surface area contributed by atoms with E-state index in [0.29, 0.717) is 17.7 Å². The summed E-state index contributed by atoms with van der Waals surface area (Å²) in [4.78, 5) is 29.0. The fourth-order valence-electron chi connectivity index (χ4n) is 4.39. The summed E-state index contributed by atoms with van der Waals surface area (Å²) >= 11 is 12.5. The fourth-order valence-corrected chi connectivity index (χ4v) is 6.30. The van der Waals surface area contributed by atoms with Crippen LogP contribution in [0, 0.1) is 6.92 Å². The van der Waals surface area contributed by atoms with Gasteiger partial charge in [0.05, 0.1) is 17.7 Å². The molecule has 3 aromatic carbocycles. The molecule has 0 spiro atoms. The van der Waals surface area contributed by atoms with Crippen molar-refractivity contribution < 1.29 is 22.7 Å². The van der Waals surface area contributed by atoms with Crippen molar-refractivity contribution in [3.05, 3.63) is 87.9 Å². The van der Waals surface area contributed by atoms with E-state index in [4.69, 9.17) is 27.9 Å². The predicted molar refractivity (Wildman–Crippen MR) is 168 cm³/mol. The van der Waals surface area contributed by atoms with Crippen LogP contribution in [-0.4, -0.2) is 50.4 Å². The summed E-state index contributed by atoms with van der Waals surface area (Å²) < 4.78 is 34.3. The molecule has 0 heterocycles. The van der Waals surface area contributed by atoms with Crippen molar-refractivity contribution in [2.24, 2.45) is 0 Å².